The number of ether oxygens (including phenoxy) is 1. The Labute approximate surface area is 226 Å². The molecule has 0 bridgehead atoms. The Morgan fingerprint density at radius 2 is 1.71 bits per heavy atom. The van der Waals surface area contributed by atoms with E-state index >= 15 is 0 Å². The van der Waals surface area contributed by atoms with Gasteiger partial charge in [-0.1, -0.05) is 55.5 Å². The molecule has 5 rings (SSSR count). The normalized spacial score (nSPS) is 13.3. The van der Waals surface area contributed by atoms with Crippen LogP contribution < -0.4 is 10.5 Å². The van der Waals surface area contributed by atoms with Gasteiger partial charge >= 0.3 is 5.97 Å². The van der Waals surface area contributed by atoms with E-state index in [2.05, 4.69) is 4.90 Å². The van der Waals surface area contributed by atoms with E-state index in [9.17, 15) is 14.4 Å². The van der Waals surface area contributed by atoms with Crippen LogP contribution in [0.25, 0.3) is 10.9 Å². The Morgan fingerprint density at radius 1 is 0.974 bits per heavy atom. The van der Waals surface area contributed by atoms with Crippen LogP contribution in [0.15, 0.2) is 70.8 Å². The van der Waals surface area contributed by atoms with Gasteiger partial charge in [-0.3, -0.25) is 9.59 Å². The second-order valence-electron chi connectivity index (χ2n) is 9.10. The monoisotopic (exact) mass is 531 g/mol. The molecule has 8 heteroatoms. The fourth-order valence-electron chi connectivity index (χ4n) is 4.88. The molecule has 1 aliphatic heterocycles. The molecule has 1 saturated heterocycles. The Balaban J connectivity index is 0.00000336. The number of nitrogens with zero attached hydrogens (tertiary/aromatic N) is 3. The number of aryl methyl sites for hydroxylation is 1. The average Bonchev–Trinajstić information content (AvgIpc) is 3.45. The summed E-state index contributed by atoms with van der Waals surface area (Å²) in [4.78, 5) is 44.7. The van der Waals surface area contributed by atoms with Gasteiger partial charge in [-0.05, 0) is 43.0 Å². The Bertz CT molecular complexity index is 1490. The number of hydrogen-bond donors (Lipinski definition) is 0. The molecule has 2 aromatic carbocycles. The maximum absolute atomic E-state index is 14.0. The van der Waals surface area contributed by atoms with Gasteiger partial charge in [0.2, 0.25) is 0 Å². The van der Waals surface area contributed by atoms with Crippen molar-refractivity contribution in [1.29, 1.82) is 0 Å². The third-order valence-corrected chi connectivity index (χ3v) is 7.53. The number of aromatic nitrogens is 1. The number of fused-ring (bicyclic) bond motifs is 1. The number of piperazine rings is 1. The highest BCUT2D eigenvalue weighted by molar-refractivity contribution is 7.12. The third-order valence-electron chi connectivity index (χ3n) is 6.67. The molecule has 1 aliphatic rings. The van der Waals surface area contributed by atoms with E-state index in [1.165, 1.54) is 11.3 Å². The van der Waals surface area contributed by atoms with Gasteiger partial charge in [0.25, 0.3) is 11.5 Å². The number of esters is 1. The highest BCUT2D eigenvalue weighted by Gasteiger charge is 2.30. The predicted molar refractivity (Wildman–Crippen MR) is 154 cm³/mol. The van der Waals surface area contributed by atoms with Crippen molar-refractivity contribution in [3.63, 3.8) is 0 Å². The van der Waals surface area contributed by atoms with E-state index in [1.54, 1.807) is 11.5 Å². The summed E-state index contributed by atoms with van der Waals surface area (Å²) in [5.74, 6) is -0.607. The Hall–Kier alpha value is -3.91. The molecule has 0 atom stereocenters. The van der Waals surface area contributed by atoms with Crippen molar-refractivity contribution in [2.24, 2.45) is 0 Å². The molecule has 0 N–H and O–H groups in total. The van der Waals surface area contributed by atoms with Crippen molar-refractivity contribution in [2.75, 3.05) is 37.7 Å². The summed E-state index contributed by atoms with van der Waals surface area (Å²) < 4.78 is 7.05. The van der Waals surface area contributed by atoms with E-state index in [0.717, 1.165) is 22.0 Å². The summed E-state index contributed by atoms with van der Waals surface area (Å²) in [6, 6.07) is 19.4. The van der Waals surface area contributed by atoms with Crippen molar-refractivity contribution >= 4 is 39.8 Å². The van der Waals surface area contributed by atoms with Crippen molar-refractivity contribution in [2.45, 2.75) is 27.8 Å². The van der Waals surface area contributed by atoms with Gasteiger partial charge < -0.3 is 19.1 Å². The summed E-state index contributed by atoms with van der Waals surface area (Å²) in [5.41, 5.74) is 3.03. The summed E-state index contributed by atoms with van der Waals surface area (Å²) >= 11 is 1.43. The number of amides is 1. The highest BCUT2D eigenvalue weighted by atomic mass is 32.1. The van der Waals surface area contributed by atoms with Gasteiger partial charge in [-0.15, -0.1) is 11.3 Å². The molecule has 0 radical (unpaired) electrons. The molecule has 0 aliphatic carbocycles. The van der Waals surface area contributed by atoms with E-state index in [0.29, 0.717) is 43.3 Å². The van der Waals surface area contributed by atoms with Crippen LogP contribution in [0.3, 0.4) is 0 Å². The molecular formula is C30H33N3O4S. The zero-order chi connectivity index (χ0) is 25.9. The number of pyridine rings is 1. The molecule has 1 fully saturated rings. The fraction of sp³-hybridized carbons (Fsp3) is 0.300. The van der Waals surface area contributed by atoms with Crippen LogP contribution >= 0.6 is 11.3 Å². The molecule has 0 saturated carbocycles. The first kappa shape index (κ1) is 27.1. The van der Waals surface area contributed by atoms with Gasteiger partial charge in [0, 0.05) is 31.6 Å². The summed E-state index contributed by atoms with van der Waals surface area (Å²) in [6.07, 6.45) is 0. The number of thiophene rings is 1. The molecule has 198 valence electrons. The molecule has 0 unspecified atom stereocenters. The Kier molecular flexibility index (Phi) is 8.32. The maximum atomic E-state index is 14.0. The minimum Gasteiger partial charge on any atom is -0.462 e. The number of carbonyl (C=O) groups is 2. The smallest absolute Gasteiger partial charge is 0.345 e. The minimum atomic E-state index is -0.621. The van der Waals surface area contributed by atoms with Gasteiger partial charge in [-0.2, -0.15) is 0 Å². The lowest BCUT2D eigenvalue weighted by Gasteiger charge is -2.37. The average molecular weight is 532 g/mol. The van der Waals surface area contributed by atoms with E-state index in [4.69, 9.17) is 4.74 Å². The zero-order valence-electron chi connectivity index (χ0n) is 21.0. The highest BCUT2D eigenvalue weighted by Crippen LogP contribution is 2.32. The van der Waals surface area contributed by atoms with Crippen molar-refractivity contribution < 1.29 is 14.3 Å². The fourth-order valence-corrected chi connectivity index (χ4v) is 5.57. The van der Waals surface area contributed by atoms with Crippen LogP contribution in [-0.2, 0) is 11.3 Å². The van der Waals surface area contributed by atoms with Crippen LogP contribution in [-0.4, -0.2) is 54.1 Å². The van der Waals surface area contributed by atoms with E-state index < -0.39 is 5.97 Å². The van der Waals surface area contributed by atoms with E-state index in [1.807, 2.05) is 77.9 Å². The molecule has 7 nitrogen and oxygen atoms in total. The Morgan fingerprint density at radius 3 is 2.37 bits per heavy atom. The standard InChI is InChI=1S/C29H29N3O4S.CH4/c1-3-36-29(35)25-26(30-13-15-31(16-14-30)27(33)24-10-7-17-37-24)22-18-20(2)11-12-23(22)32(28(25)34)19-21-8-5-4-6-9-21;/h4-12,17-18H,3,13-16,19H2,1-2H3;1H4. The molecule has 3 heterocycles. The quantitative estimate of drug-likeness (QED) is 0.320. The first-order valence-electron chi connectivity index (χ1n) is 12.4. The third kappa shape index (κ3) is 5.22. The summed E-state index contributed by atoms with van der Waals surface area (Å²) in [7, 11) is 0. The second kappa shape index (κ2) is 11.6. The first-order chi connectivity index (χ1) is 18.0. The maximum Gasteiger partial charge on any atom is 0.345 e. The van der Waals surface area contributed by atoms with Gasteiger partial charge in [-0.25, -0.2) is 4.79 Å². The number of benzene rings is 2. The van der Waals surface area contributed by atoms with Gasteiger partial charge in [0.1, 0.15) is 5.56 Å². The number of hydrogen-bond acceptors (Lipinski definition) is 6. The number of carbonyl (C=O) groups excluding carboxylic acids is 2. The van der Waals surface area contributed by atoms with Gasteiger partial charge in [0.15, 0.2) is 0 Å². The zero-order valence-corrected chi connectivity index (χ0v) is 21.8. The predicted octanol–water partition coefficient (Wildman–Crippen LogP) is 5.19. The topological polar surface area (TPSA) is 71.8 Å². The molecule has 1 amide bonds. The van der Waals surface area contributed by atoms with Crippen LogP contribution in [0.4, 0.5) is 5.69 Å². The lowest BCUT2D eigenvalue weighted by molar-refractivity contribution is 0.0523. The van der Waals surface area contributed by atoms with Crippen molar-refractivity contribution in [3.8, 4) is 0 Å². The molecule has 2 aromatic heterocycles. The molecule has 0 spiro atoms. The lowest BCUT2D eigenvalue weighted by Crippen LogP contribution is -2.49. The lowest BCUT2D eigenvalue weighted by atomic mass is 10.0. The van der Waals surface area contributed by atoms with Crippen LogP contribution in [0.5, 0.6) is 0 Å². The first-order valence-corrected chi connectivity index (χ1v) is 13.3. The number of anilines is 1. The van der Waals surface area contributed by atoms with Crippen molar-refractivity contribution in [3.05, 3.63) is 98.0 Å². The molecule has 38 heavy (non-hydrogen) atoms. The number of rotatable bonds is 6. The minimum absolute atomic E-state index is 0. The van der Waals surface area contributed by atoms with Crippen LogP contribution in [0.1, 0.15) is 45.5 Å². The van der Waals surface area contributed by atoms with Crippen LogP contribution in [0, 0.1) is 6.92 Å². The SMILES string of the molecule is C.CCOC(=O)c1c(N2CCN(C(=O)c3cccs3)CC2)c2cc(C)ccc2n(Cc2ccccc2)c1=O. The summed E-state index contributed by atoms with van der Waals surface area (Å²) in [5, 5.41) is 2.73. The van der Waals surface area contributed by atoms with Crippen molar-refractivity contribution in [1.82, 2.24) is 9.47 Å². The molecular weight excluding hydrogens is 498 g/mol. The van der Waals surface area contributed by atoms with Crippen LogP contribution in [0.2, 0.25) is 0 Å². The van der Waals surface area contributed by atoms with E-state index in [-0.39, 0.29) is 31.1 Å². The summed E-state index contributed by atoms with van der Waals surface area (Å²) in [6.45, 7) is 6.26. The second-order valence-corrected chi connectivity index (χ2v) is 10.0. The molecule has 4 aromatic rings. The van der Waals surface area contributed by atoms with Gasteiger partial charge in [0.05, 0.1) is 29.2 Å². The largest absolute Gasteiger partial charge is 0.462 e.